The van der Waals surface area contributed by atoms with E-state index in [-0.39, 0.29) is 26.3 Å². The van der Waals surface area contributed by atoms with Gasteiger partial charge in [-0.15, -0.1) is 0 Å². The molecule has 0 aliphatic heterocycles. The lowest BCUT2D eigenvalue weighted by atomic mass is 10.3. The first kappa shape index (κ1) is 21.7. The molecule has 0 atom stereocenters. The van der Waals surface area contributed by atoms with Crippen LogP contribution in [0.1, 0.15) is 0 Å². The topological polar surface area (TPSA) is 116 Å². The van der Waals surface area contributed by atoms with E-state index >= 15 is 0 Å². The maximum atomic E-state index is 12.5. The van der Waals surface area contributed by atoms with E-state index in [1.165, 1.54) is 18.2 Å². The number of hydroxylamine groups is 1. The molecule has 12 heteroatoms. The van der Waals surface area contributed by atoms with Crippen LogP contribution in [0.5, 0.6) is 11.5 Å². The Kier molecular flexibility index (Phi) is 6.30. The third-order valence-corrected chi connectivity index (χ3v) is 6.89. The van der Waals surface area contributed by atoms with Gasteiger partial charge in [0.15, 0.2) is 15.6 Å². The molecule has 0 saturated carbocycles. The predicted molar refractivity (Wildman–Crippen MR) is 102 cm³/mol. The van der Waals surface area contributed by atoms with Crippen LogP contribution in [0, 0.1) is 0 Å². The Morgan fingerprint density at radius 3 is 2.15 bits per heavy atom. The molecule has 8 nitrogen and oxygen atoms in total. The lowest BCUT2D eigenvalue weighted by Gasteiger charge is -2.19. The zero-order valence-electron chi connectivity index (χ0n) is 14.4. The number of hydrogen-bond donors (Lipinski definition) is 1. The predicted octanol–water partition coefficient (Wildman–Crippen LogP) is 2.95. The van der Waals surface area contributed by atoms with Gasteiger partial charge in [0.2, 0.25) is 0 Å². The summed E-state index contributed by atoms with van der Waals surface area (Å²) in [4.78, 5) is 4.02. The number of anilines is 1. The molecule has 0 aromatic heterocycles. The number of rotatable bonds is 6. The van der Waals surface area contributed by atoms with Gasteiger partial charge in [-0.25, -0.2) is 16.8 Å². The van der Waals surface area contributed by atoms with E-state index in [0.29, 0.717) is 9.49 Å². The summed E-state index contributed by atoms with van der Waals surface area (Å²) in [6.07, 6.45) is 0.938. The smallest absolute Gasteiger partial charge is 0.266 e. The van der Waals surface area contributed by atoms with E-state index in [0.717, 1.165) is 32.5 Å². The number of sulfone groups is 1. The van der Waals surface area contributed by atoms with Gasteiger partial charge in [0.05, 0.1) is 17.8 Å². The third-order valence-electron chi connectivity index (χ3n) is 3.50. The van der Waals surface area contributed by atoms with Crippen molar-refractivity contribution in [1.82, 2.24) is 4.47 Å². The molecule has 2 aromatic carbocycles. The van der Waals surface area contributed by atoms with Gasteiger partial charge in [-0.05, 0) is 30.3 Å². The summed E-state index contributed by atoms with van der Waals surface area (Å²) >= 11 is 11.9. The van der Waals surface area contributed by atoms with Crippen molar-refractivity contribution in [2.24, 2.45) is 0 Å². The van der Waals surface area contributed by atoms with Crippen molar-refractivity contribution in [1.29, 1.82) is 0 Å². The molecule has 0 unspecified atom stereocenters. The van der Waals surface area contributed by atoms with Crippen molar-refractivity contribution in [3.8, 4) is 11.5 Å². The summed E-state index contributed by atoms with van der Waals surface area (Å²) in [6, 6.07) is 6.40. The zero-order valence-corrected chi connectivity index (χ0v) is 17.6. The molecule has 2 aromatic rings. The van der Waals surface area contributed by atoms with Crippen LogP contribution >= 0.6 is 23.2 Å². The molecule has 0 bridgehead atoms. The minimum absolute atomic E-state index is 0.0484. The van der Waals surface area contributed by atoms with Crippen molar-refractivity contribution >= 4 is 48.7 Å². The highest BCUT2D eigenvalue weighted by Gasteiger charge is 2.29. The lowest BCUT2D eigenvalue weighted by Crippen LogP contribution is -2.26. The summed E-state index contributed by atoms with van der Waals surface area (Å²) in [7, 11) is -5.64. The molecule has 0 saturated heterocycles. The molecule has 2 rings (SSSR count). The van der Waals surface area contributed by atoms with Crippen molar-refractivity contribution in [3.63, 3.8) is 0 Å². The standard InChI is InChI=1S/C15H16Cl2N2O6S2/c1-19(24-2)27(22,23)12-6-7-13(26(3,20)21)15(14(12)18)25-11-5-4-9(16)8-10(11)17/h4-8H,18H2,1-3H3. The summed E-state index contributed by atoms with van der Waals surface area (Å²) in [5.41, 5.74) is 5.56. The van der Waals surface area contributed by atoms with Gasteiger partial charge < -0.3 is 10.5 Å². The Balaban J connectivity index is 2.74. The first-order chi connectivity index (χ1) is 12.4. The van der Waals surface area contributed by atoms with Crippen LogP contribution in [-0.4, -0.2) is 41.7 Å². The highest BCUT2D eigenvalue weighted by Crippen LogP contribution is 2.41. The number of nitrogens with two attached hydrogens (primary N) is 1. The van der Waals surface area contributed by atoms with Gasteiger partial charge in [0, 0.05) is 18.3 Å². The van der Waals surface area contributed by atoms with Gasteiger partial charge in [0.1, 0.15) is 15.5 Å². The van der Waals surface area contributed by atoms with E-state index < -0.39 is 25.5 Å². The van der Waals surface area contributed by atoms with Gasteiger partial charge in [-0.3, -0.25) is 4.84 Å². The van der Waals surface area contributed by atoms with Crippen LogP contribution in [0.4, 0.5) is 5.69 Å². The van der Waals surface area contributed by atoms with Crippen LogP contribution < -0.4 is 10.5 Å². The number of sulfonamides is 1. The normalized spacial score (nSPS) is 12.4. The Hall–Kier alpha value is -1.56. The third kappa shape index (κ3) is 4.48. The second-order valence-electron chi connectivity index (χ2n) is 5.35. The Morgan fingerprint density at radius 2 is 1.63 bits per heavy atom. The van der Waals surface area contributed by atoms with Crippen molar-refractivity contribution in [2.75, 3.05) is 26.1 Å². The van der Waals surface area contributed by atoms with Gasteiger partial charge >= 0.3 is 0 Å². The van der Waals surface area contributed by atoms with Gasteiger partial charge in [0.25, 0.3) is 10.0 Å². The molecule has 0 fully saturated rings. The minimum atomic E-state index is -4.16. The number of nitrogen functional groups attached to an aromatic ring is 1. The quantitative estimate of drug-likeness (QED) is 0.526. The molecule has 2 N–H and O–H groups in total. The fraction of sp³-hybridized carbons (Fsp3) is 0.200. The zero-order chi connectivity index (χ0) is 20.6. The SMILES string of the molecule is CON(C)S(=O)(=O)c1ccc(S(C)(=O)=O)c(Oc2ccc(Cl)cc2Cl)c1N. The summed E-state index contributed by atoms with van der Waals surface area (Å²) < 4.78 is 55.5. The number of nitrogens with zero attached hydrogens (tertiary/aromatic N) is 1. The van der Waals surface area contributed by atoms with Crippen LogP contribution in [0.2, 0.25) is 10.0 Å². The lowest BCUT2D eigenvalue weighted by molar-refractivity contribution is -0.0258. The van der Waals surface area contributed by atoms with E-state index in [2.05, 4.69) is 0 Å². The molecule has 0 heterocycles. The van der Waals surface area contributed by atoms with E-state index in [1.54, 1.807) is 0 Å². The number of hydrogen-bond acceptors (Lipinski definition) is 7. The average molecular weight is 455 g/mol. The number of halogens is 2. The highest BCUT2D eigenvalue weighted by molar-refractivity contribution is 7.91. The molecule has 0 spiro atoms. The maximum Gasteiger partial charge on any atom is 0.266 e. The van der Waals surface area contributed by atoms with Crippen LogP contribution in [-0.2, 0) is 24.7 Å². The molecular formula is C15H16Cl2N2O6S2. The number of benzene rings is 2. The summed E-state index contributed by atoms with van der Waals surface area (Å²) in [5, 5.41) is 0.422. The fourth-order valence-electron chi connectivity index (χ4n) is 2.09. The highest BCUT2D eigenvalue weighted by atomic mass is 35.5. The maximum absolute atomic E-state index is 12.5. The molecular weight excluding hydrogens is 439 g/mol. The minimum Gasteiger partial charge on any atom is -0.452 e. The second-order valence-corrected chi connectivity index (χ2v) is 10.1. The summed E-state index contributed by atoms with van der Waals surface area (Å²) in [5.74, 6) is -0.320. The number of ether oxygens (including phenoxy) is 1. The Labute approximate surface area is 167 Å². The Bertz CT molecular complexity index is 1090. The molecule has 0 aliphatic rings. The van der Waals surface area contributed by atoms with E-state index in [9.17, 15) is 16.8 Å². The van der Waals surface area contributed by atoms with E-state index in [4.69, 9.17) is 38.5 Å². The fourth-order valence-corrected chi connectivity index (χ4v) is 4.42. The van der Waals surface area contributed by atoms with Crippen molar-refractivity contribution in [2.45, 2.75) is 9.79 Å². The van der Waals surface area contributed by atoms with Gasteiger partial charge in [-0.1, -0.05) is 27.7 Å². The van der Waals surface area contributed by atoms with Crippen LogP contribution in [0.15, 0.2) is 40.1 Å². The molecule has 148 valence electrons. The monoisotopic (exact) mass is 454 g/mol. The van der Waals surface area contributed by atoms with Crippen molar-refractivity contribution < 1.29 is 26.4 Å². The molecule has 0 amide bonds. The van der Waals surface area contributed by atoms with Crippen LogP contribution in [0.25, 0.3) is 0 Å². The Morgan fingerprint density at radius 1 is 1.04 bits per heavy atom. The first-order valence-electron chi connectivity index (χ1n) is 7.18. The largest absolute Gasteiger partial charge is 0.452 e. The first-order valence-corrected chi connectivity index (χ1v) is 11.3. The van der Waals surface area contributed by atoms with Gasteiger partial charge in [-0.2, -0.15) is 0 Å². The van der Waals surface area contributed by atoms with Crippen molar-refractivity contribution in [3.05, 3.63) is 40.4 Å². The molecule has 0 radical (unpaired) electrons. The van der Waals surface area contributed by atoms with Crippen LogP contribution in [0.3, 0.4) is 0 Å². The second kappa shape index (κ2) is 7.82. The molecule has 0 aliphatic carbocycles. The summed E-state index contributed by atoms with van der Waals surface area (Å²) in [6.45, 7) is 0. The average Bonchev–Trinajstić information content (AvgIpc) is 2.56. The van der Waals surface area contributed by atoms with E-state index in [1.807, 2.05) is 0 Å². The molecule has 27 heavy (non-hydrogen) atoms.